The first-order valence-electron chi connectivity index (χ1n) is 18.8. The monoisotopic (exact) mass is 1220 g/mol. The van der Waals surface area contributed by atoms with Crippen LogP contribution in [-0.2, 0) is 39.0 Å². The number of hydrogen-bond acceptors (Lipinski definition) is 9. The number of aromatic nitrogens is 10. The Kier molecular flexibility index (Phi) is 20.4. The second-order valence-corrected chi connectivity index (χ2v) is 17.0. The van der Waals surface area contributed by atoms with Crippen LogP contribution in [0.5, 0.6) is 0 Å². The third-order valence-corrected chi connectivity index (χ3v) is 7.60. The molecule has 0 radical (unpaired) electrons. The van der Waals surface area contributed by atoms with Gasteiger partial charge in [-0.05, 0) is 103 Å². The van der Waals surface area contributed by atoms with Crippen molar-refractivity contribution in [1.82, 2.24) is 50.1 Å². The van der Waals surface area contributed by atoms with Crippen LogP contribution in [0.4, 0.5) is 50.4 Å². The van der Waals surface area contributed by atoms with E-state index in [4.69, 9.17) is 0 Å². The summed E-state index contributed by atoms with van der Waals surface area (Å²) < 4.78 is 118. The summed E-state index contributed by atoms with van der Waals surface area (Å²) in [6, 6.07) is 48.3. The van der Waals surface area contributed by atoms with Crippen LogP contribution in [0.2, 0.25) is 0 Å². The Labute approximate surface area is 422 Å². The summed E-state index contributed by atoms with van der Waals surface area (Å²) in [7, 11) is -21.3. The summed E-state index contributed by atoms with van der Waals surface area (Å²) in [6.07, 6.45) is 10.6. The zero-order valence-electron chi connectivity index (χ0n) is 34.9. The Morgan fingerprint density at radius 2 is 0.500 bits per heavy atom. The van der Waals surface area contributed by atoms with E-state index in [-0.39, 0.29) is 51.4 Å². The van der Waals surface area contributed by atoms with E-state index in [9.17, 15) is 50.4 Å². The molecule has 0 aliphatic heterocycles. The van der Waals surface area contributed by atoms with Crippen molar-refractivity contribution < 1.29 is 102 Å². The molecule has 0 saturated heterocycles. The molecule has 9 heterocycles. The fourth-order valence-electron chi connectivity index (χ4n) is 5.07. The molecule has 0 N–H and O–H groups in total. The molecular formula is C43H31ClF12N10P2Ru2. The average Bonchev–Trinajstić information content (AvgIpc) is 3.80. The molecule has 0 spiro atoms. The molecule has 0 atom stereocenters. The molecule has 0 unspecified atom stereocenters. The fourth-order valence-corrected chi connectivity index (χ4v) is 5.07. The number of halogens is 13. The number of nitrogens with zero attached hydrogens (tertiary/aromatic N) is 10. The molecule has 0 amide bonds. The summed E-state index contributed by atoms with van der Waals surface area (Å²) in [5.41, 5.74) is 10.1. The Bertz CT molecular complexity index is 2620. The fraction of sp³-hybridized carbons (Fsp3) is 0. The minimum atomic E-state index is -10.7. The largest absolute Gasteiger partial charge is 2.00 e. The van der Waals surface area contributed by atoms with E-state index in [0.29, 0.717) is 0 Å². The third-order valence-electron chi connectivity index (χ3n) is 7.60. The summed E-state index contributed by atoms with van der Waals surface area (Å²) in [6.45, 7) is 0. The van der Waals surface area contributed by atoms with Crippen LogP contribution in [-0.4, -0.2) is 45.0 Å². The van der Waals surface area contributed by atoms with Gasteiger partial charge in [0.05, 0.1) is 56.9 Å². The Morgan fingerprint density at radius 1 is 0.286 bits per heavy atom. The molecule has 0 fully saturated rings. The zero-order valence-corrected chi connectivity index (χ0v) is 40.9. The average molecular weight is 1220 g/mol. The molecule has 70 heavy (non-hydrogen) atoms. The number of hydrogen-bond donors (Lipinski definition) is 0. The van der Waals surface area contributed by atoms with E-state index in [1.807, 2.05) is 152 Å². The van der Waals surface area contributed by atoms with Gasteiger partial charge in [-0.15, -0.1) is 0 Å². The molecule has 0 aromatic carbocycles. The molecule has 9 rings (SSSR count). The van der Waals surface area contributed by atoms with Gasteiger partial charge in [0.2, 0.25) is 0 Å². The van der Waals surface area contributed by atoms with Gasteiger partial charge in [0, 0.05) is 42.9 Å². The Balaban J connectivity index is 0.000000312. The minimum Gasteiger partial charge on any atom is -1.00 e. The van der Waals surface area contributed by atoms with Crippen molar-refractivity contribution in [3.05, 3.63) is 189 Å². The van der Waals surface area contributed by atoms with Crippen LogP contribution in [0.3, 0.4) is 0 Å². The van der Waals surface area contributed by atoms with Crippen LogP contribution >= 0.6 is 15.6 Å². The van der Waals surface area contributed by atoms with Crippen molar-refractivity contribution in [2.75, 3.05) is 0 Å². The van der Waals surface area contributed by atoms with E-state index in [0.717, 1.165) is 68.3 Å². The van der Waals surface area contributed by atoms with Crippen LogP contribution < -0.4 is 17.5 Å². The molecule has 27 heteroatoms. The SMILES string of the molecule is F[P-](F)(F)(F)(F)F.F[P-](F)(F)(F)(F)F.[Cl-].[Ru+2].[Ru+2].c1ccc(-c2cc(-c3ccccn3)[n-]n2)nc1.c1ccc(-c2cccc(-c3ccccn3)n2)nc1.c1ccc(-c2cccc(-c3ccccn3)n2)nc1. The van der Waals surface area contributed by atoms with Gasteiger partial charge in [-0.1, -0.05) is 54.2 Å². The molecule has 9 aromatic rings. The second kappa shape index (κ2) is 23.7. The van der Waals surface area contributed by atoms with E-state index < -0.39 is 15.6 Å². The summed E-state index contributed by atoms with van der Waals surface area (Å²) >= 11 is 0. The molecule has 10 nitrogen and oxygen atoms in total. The first-order valence-corrected chi connectivity index (χ1v) is 22.8. The van der Waals surface area contributed by atoms with Gasteiger partial charge in [0.1, 0.15) is 0 Å². The van der Waals surface area contributed by atoms with E-state index in [1.54, 1.807) is 37.2 Å². The van der Waals surface area contributed by atoms with Gasteiger partial charge in [-0.3, -0.25) is 29.9 Å². The predicted octanol–water partition coefficient (Wildman–Crippen LogP) is 12.3. The van der Waals surface area contributed by atoms with Crippen molar-refractivity contribution in [3.63, 3.8) is 0 Å². The predicted molar refractivity (Wildman–Crippen MR) is 233 cm³/mol. The summed E-state index contributed by atoms with van der Waals surface area (Å²) in [5, 5.41) is 8.22. The third kappa shape index (κ3) is 25.5. The molecular weight excluding hydrogens is 1180 g/mol. The molecule has 370 valence electrons. The Morgan fingerprint density at radius 3 is 0.729 bits per heavy atom. The normalized spacial score (nSPS) is 12.4. The Hall–Kier alpha value is -6.03. The van der Waals surface area contributed by atoms with Crippen molar-refractivity contribution in [1.29, 1.82) is 0 Å². The molecule has 0 bridgehead atoms. The molecule has 0 aliphatic carbocycles. The van der Waals surface area contributed by atoms with Gasteiger partial charge in [-0.2, -0.15) is 0 Å². The van der Waals surface area contributed by atoms with Crippen molar-refractivity contribution in [3.8, 4) is 68.3 Å². The standard InChI is InChI=1S/2C15H11N3.C13H9N4.ClH.2F6P.2Ru/c2*1-3-10-16-12(6-1)14-8-5-9-15(18-14)13-7-2-4-11-17-13;1-3-7-14-10(5-1)12-9-13(17-16-12)11-6-2-4-8-15-11;;2*1-7(2,3,4,5)6;;/h2*1-11H;1-9H;1H;;;;/q;;-1;;2*-1;2*+2/p-1. The maximum absolute atomic E-state index is 10.7. The van der Waals surface area contributed by atoms with E-state index in [2.05, 4.69) is 50.1 Å². The van der Waals surface area contributed by atoms with E-state index in [1.165, 1.54) is 0 Å². The topological polar surface area (TPSA) is 130 Å². The van der Waals surface area contributed by atoms with Crippen molar-refractivity contribution in [2.24, 2.45) is 0 Å². The maximum atomic E-state index is 9.87. The van der Waals surface area contributed by atoms with Gasteiger partial charge in [0.25, 0.3) is 0 Å². The second-order valence-electron chi connectivity index (χ2n) is 13.1. The van der Waals surface area contributed by atoms with Crippen molar-refractivity contribution >= 4 is 15.6 Å². The summed E-state index contributed by atoms with van der Waals surface area (Å²) in [4.78, 5) is 34.8. The zero-order chi connectivity index (χ0) is 48.7. The van der Waals surface area contributed by atoms with Gasteiger partial charge < -0.3 is 22.6 Å². The smallest absolute Gasteiger partial charge is 1.00 e. The van der Waals surface area contributed by atoms with Crippen LogP contribution in [0, 0.1) is 0 Å². The maximum Gasteiger partial charge on any atom is 2.00 e. The van der Waals surface area contributed by atoms with Crippen LogP contribution in [0.25, 0.3) is 68.3 Å². The summed E-state index contributed by atoms with van der Waals surface area (Å²) in [5.74, 6) is 0. The molecule has 0 saturated carbocycles. The van der Waals surface area contributed by atoms with E-state index >= 15 is 0 Å². The van der Waals surface area contributed by atoms with Gasteiger partial charge >= 0.3 is 105 Å². The molecule has 9 aromatic heterocycles. The van der Waals surface area contributed by atoms with Gasteiger partial charge in [-0.25, -0.2) is 9.97 Å². The van der Waals surface area contributed by atoms with Gasteiger partial charge in [0.15, 0.2) is 0 Å². The quantitative estimate of drug-likeness (QED) is 0.0901. The van der Waals surface area contributed by atoms with Crippen LogP contribution in [0.1, 0.15) is 0 Å². The minimum absolute atomic E-state index is 0. The number of pyridine rings is 8. The van der Waals surface area contributed by atoms with Crippen LogP contribution in [0.15, 0.2) is 189 Å². The first-order chi connectivity index (χ1) is 31.2. The molecule has 0 aliphatic rings. The first kappa shape index (κ1) is 60.1. The van der Waals surface area contributed by atoms with Crippen molar-refractivity contribution in [2.45, 2.75) is 0 Å². The number of rotatable bonds is 6.